The summed E-state index contributed by atoms with van der Waals surface area (Å²) in [7, 11) is 0. The van der Waals surface area contributed by atoms with Crippen LogP contribution in [0, 0.1) is 17.2 Å². The Morgan fingerprint density at radius 3 is 2.60 bits per heavy atom. The molecule has 3 rings (SSSR count). The second-order valence-electron chi connectivity index (χ2n) is 8.09. The van der Waals surface area contributed by atoms with Crippen LogP contribution >= 0.6 is 23.2 Å². The van der Waals surface area contributed by atoms with E-state index in [-0.39, 0.29) is 30.8 Å². The van der Waals surface area contributed by atoms with Crippen LogP contribution in [0.4, 0.5) is 5.69 Å². The number of amides is 1. The number of pyridine rings is 1. The van der Waals surface area contributed by atoms with Crippen LogP contribution in [0.3, 0.4) is 0 Å². The second-order valence-corrected chi connectivity index (χ2v) is 8.91. The number of hydrogen-bond acceptors (Lipinski definition) is 7. The van der Waals surface area contributed by atoms with Gasteiger partial charge in [-0.2, -0.15) is 5.26 Å². The molecule has 2 heterocycles. The number of esters is 1. The lowest BCUT2D eigenvalue weighted by Gasteiger charge is -2.33. The largest absolute Gasteiger partial charge is 0.491 e. The van der Waals surface area contributed by atoms with Crippen LogP contribution in [-0.2, 0) is 20.7 Å². The van der Waals surface area contributed by atoms with E-state index in [1.54, 1.807) is 37.5 Å². The van der Waals surface area contributed by atoms with Gasteiger partial charge in [0, 0.05) is 37.8 Å². The fourth-order valence-electron chi connectivity index (χ4n) is 3.99. The van der Waals surface area contributed by atoms with Gasteiger partial charge < -0.3 is 19.7 Å². The van der Waals surface area contributed by atoms with Gasteiger partial charge in [0.25, 0.3) is 0 Å². The number of benzene rings is 1. The summed E-state index contributed by atoms with van der Waals surface area (Å²) in [5, 5.41) is 13.1. The number of aryl methyl sites for hydroxylation is 1. The van der Waals surface area contributed by atoms with E-state index in [1.165, 1.54) is 0 Å². The van der Waals surface area contributed by atoms with E-state index in [2.05, 4.69) is 21.3 Å². The summed E-state index contributed by atoms with van der Waals surface area (Å²) >= 11 is 12.5. The lowest BCUT2D eigenvalue weighted by atomic mass is 9.95. The topological polar surface area (TPSA) is 105 Å². The Morgan fingerprint density at radius 1 is 1.23 bits per heavy atom. The third-order valence-corrected chi connectivity index (χ3v) is 6.32. The number of halogens is 2. The molecule has 1 amide bonds. The van der Waals surface area contributed by atoms with Gasteiger partial charge in [-0.05, 0) is 43.9 Å². The zero-order chi connectivity index (χ0) is 25.2. The van der Waals surface area contributed by atoms with Crippen molar-refractivity contribution in [2.75, 3.05) is 37.7 Å². The monoisotopic (exact) mass is 518 g/mol. The molecule has 8 nitrogen and oxygen atoms in total. The fraction of sp³-hybridized carbons (Fsp3) is 0.440. The molecular formula is C25H28Cl2N4O4. The van der Waals surface area contributed by atoms with Crippen molar-refractivity contribution in [1.82, 2.24) is 10.3 Å². The fourth-order valence-corrected chi connectivity index (χ4v) is 4.59. The number of nitriles is 1. The SMILES string of the molecule is CCOC(=O)CCc1ccc(C#N)cc1OCCNC(=O)C1CCN(c2c(Cl)cncc2Cl)CC1. The Kier molecular flexibility index (Phi) is 10.0. The lowest BCUT2D eigenvalue weighted by Crippen LogP contribution is -2.41. The summed E-state index contributed by atoms with van der Waals surface area (Å²) in [4.78, 5) is 30.4. The van der Waals surface area contributed by atoms with Crippen molar-refractivity contribution in [2.45, 2.75) is 32.6 Å². The van der Waals surface area contributed by atoms with Crippen LogP contribution in [0.2, 0.25) is 10.0 Å². The number of anilines is 1. The smallest absolute Gasteiger partial charge is 0.306 e. The molecule has 1 aliphatic rings. The molecule has 0 radical (unpaired) electrons. The molecule has 0 unspecified atom stereocenters. The summed E-state index contributed by atoms with van der Waals surface area (Å²) in [5.41, 5.74) is 2.03. The average molecular weight is 519 g/mol. The molecule has 0 bridgehead atoms. The predicted molar refractivity (Wildman–Crippen MR) is 134 cm³/mol. The maximum Gasteiger partial charge on any atom is 0.306 e. The molecule has 0 saturated carbocycles. The molecule has 0 atom stereocenters. The van der Waals surface area contributed by atoms with Crippen LogP contribution in [0.5, 0.6) is 5.75 Å². The quantitative estimate of drug-likeness (QED) is 0.371. The third kappa shape index (κ3) is 7.48. The number of nitrogens with one attached hydrogen (secondary N) is 1. The van der Waals surface area contributed by atoms with E-state index in [0.29, 0.717) is 66.9 Å². The first-order valence-electron chi connectivity index (χ1n) is 11.6. The minimum atomic E-state index is -0.283. The van der Waals surface area contributed by atoms with E-state index in [4.69, 9.17) is 32.7 Å². The zero-order valence-corrected chi connectivity index (χ0v) is 21.1. The van der Waals surface area contributed by atoms with Crippen molar-refractivity contribution < 1.29 is 19.1 Å². The summed E-state index contributed by atoms with van der Waals surface area (Å²) < 4.78 is 10.8. The summed E-state index contributed by atoms with van der Waals surface area (Å²) in [6.07, 6.45) is 5.16. The van der Waals surface area contributed by atoms with Gasteiger partial charge in [0.1, 0.15) is 12.4 Å². The lowest BCUT2D eigenvalue weighted by molar-refractivity contribution is -0.143. The molecule has 1 fully saturated rings. The van der Waals surface area contributed by atoms with Gasteiger partial charge in [-0.3, -0.25) is 14.6 Å². The van der Waals surface area contributed by atoms with Gasteiger partial charge in [-0.1, -0.05) is 29.3 Å². The standard InChI is InChI=1S/C25H28Cl2N4O4/c1-2-34-23(32)6-5-18-4-3-17(14-28)13-22(18)35-12-9-30-25(33)19-7-10-31(11-8-19)24-20(26)15-29-16-21(24)27/h3-4,13,15-16,19H,2,5-12H2,1H3,(H,30,33). The molecular weight excluding hydrogens is 491 g/mol. The van der Waals surface area contributed by atoms with E-state index >= 15 is 0 Å². The first-order valence-corrected chi connectivity index (χ1v) is 12.3. The molecule has 1 saturated heterocycles. The van der Waals surface area contributed by atoms with Crippen molar-refractivity contribution in [3.05, 3.63) is 51.8 Å². The van der Waals surface area contributed by atoms with E-state index < -0.39 is 0 Å². The maximum absolute atomic E-state index is 12.7. The molecule has 10 heteroatoms. The first kappa shape index (κ1) is 26.6. The zero-order valence-electron chi connectivity index (χ0n) is 19.6. The van der Waals surface area contributed by atoms with E-state index in [1.807, 2.05) is 0 Å². The Bertz CT molecular complexity index is 1060. The minimum Gasteiger partial charge on any atom is -0.491 e. The van der Waals surface area contributed by atoms with Gasteiger partial charge in [0.2, 0.25) is 5.91 Å². The molecule has 1 aromatic heterocycles. The first-order chi connectivity index (χ1) is 16.9. The molecule has 1 aliphatic heterocycles. The van der Waals surface area contributed by atoms with Crippen molar-refractivity contribution >= 4 is 40.8 Å². The Morgan fingerprint density at radius 2 is 1.94 bits per heavy atom. The highest BCUT2D eigenvalue weighted by atomic mass is 35.5. The number of carbonyl (C=O) groups excluding carboxylic acids is 2. The van der Waals surface area contributed by atoms with Crippen molar-refractivity contribution in [2.24, 2.45) is 5.92 Å². The molecule has 186 valence electrons. The molecule has 35 heavy (non-hydrogen) atoms. The van der Waals surface area contributed by atoms with Gasteiger partial charge >= 0.3 is 5.97 Å². The average Bonchev–Trinajstić information content (AvgIpc) is 2.86. The van der Waals surface area contributed by atoms with Gasteiger partial charge in [0.15, 0.2) is 0 Å². The van der Waals surface area contributed by atoms with Crippen molar-refractivity contribution in [1.29, 1.82) is 5.26 Å². The van der Waals surface area contributed by atoms with Crippen LogP contribution in [0.1, 0.15) is 37.3 Å². The maximum atomic E-state index is 12.7. The molecule has 0 spiro atoms. The number of piperidine rings is 1. The minimum absolute atomic E-state index is 0.0199. The number of nitrogens with zero attached hydrogens (tertiary/aromatic N) is 3. The van der Waals surface area contributed by atoms with Gasteiger partial charge in [0.05, 0.1) is 40.5 Å². The van der Waals surface area contributed by atoms with E-state index in [0.717, 1.165) is 11.3 Å². The Hall–Kier alpha value is -3.02. The van der Waals surface area contributed by atoms with Crippen LogP contribution in [0.15, 0.2) is 30.6 Å². The summed E-state index contributed by atoms with van der Waals surface area (Å²) in [5.74, 6) is 0.123. The molecule has 0 aliphatic carbocycles. The highest BCUT2D eigenvalue weighted by Gasteiger charge is 2.27. The number of rotatable bonds is 10. The Balaban J connectivity index is 1.46. The summed E-state index contributed by atoms with van der Waals surface area (Å²) in [6.45, 7) is 4.01. The van der Waals surface area contributed by atoms with Gasteiger partial charge in [-0.15, -0.1) is 0 Å². The van der Waals surface area contributed by atoms with E-state index in [9.17, 15) is 14.9 Å². The van der Waals surface area contributed by atoms with Crippen molar-refractivity contribution in [3.63, 3.8) is 0 Å². The van der Waals surface area contributed by atoms with Crippen molar-refractivity contribution in [3.8, 4) is 11.8 Å². The highest BCUT2D eigenvalue weighted by molar-refractivity contribution is 6.38. The molecule has 1 N–H and O–H groups in total. The summed E-state index contributed by atoms with van der Waals surface area (Å²) in [6, 6.07) is 7.20. The third-order valence-electron chi connectivity index (χ3n) is 5.77. The number of carbonyl (C=O) groups is 2. The van der Waals surface area contributed by atoms with Crippen LogP contribution in [0.25, 0.3) is 0 Å². The second kappa shape index (κ2) is 13.2. The van der Waals surface area contributed by atoms with Crippen LogP contribution in [-0.4, -0.2) is 49.7 Å². The molecule has 2 aromatic rings. The number of aromatic nitrogens is 1. The van der Waals surface area contributed by atoms with Crippen LogP contribution < -0.4 is 15.0 Å². The predicted octanol–water partition coefficient (Wildman–Crippen LogP) is 4.17. The molecule has 1 aromatic carbocycles. The Labute approximate surface area is 215 Å². The van der Waals surface area contributed by atoms with Gasteiger partial charge in [-0.25, -0.2) is 0 Å². The number of hydrogen-bond donors (Lipinski definition) is 1. The highest BCUT2D eigenvalue weighted by Crippen LogP contribution is 2.35. The number of ether oxygens (including phenoxy) is 2. The normalized spacial score (nSPS) is 13.7.